The van der Waals surface area contributed by atoms with E-state index < -0.39 is 33.4 Å². The molecule has 11 nitrogen and oxygen atoms in total. The minimum Gasteiger partial charge on any atom is -0.497 e. The number of rotatable bonds is 15. The van der Waals surface area contributed by atoms with E-state index in [1.807, 2.05) is 68.4 Å². The number of ether oxygens (including phenoxy) is 1. The molecule has 0 radical (unpaired) electrons. The molecule has 0 aliphatic rings. The zero-order chi connectivity index (χ0) is 34.8. The van der Waals surface area contributed by atoms with Crippen molar-refractivity contribution in [2.24, 2.45) is 0 Å². The molecule has 4 rings (SSSR count). The zero-order valence-corrected chi connectivity index (χ0v) is 28.3. The first kappa shape index (κ1) is 35.6. The Balaban J connectivity index is 1.84. The van der Waals surface area contributed by atoms with E-state index in [1.165, 1.54) is 43.2 Å². The lowest BCUT2D eigenvalue weighted by Gasteiger charge is -2.34. The van der Waals surface area contributed by atoms with Gasteiger partial charge in [-0.1, -0.05) is 73.2 Å². The van der Waals surface area contributed by atoms with Crippen molar-refractivity contribution in [1.29, 1.82) is 0 Å². The van der Waals surface area contributed by atoms with Gasteiger partial charge in [0.05, 0.1) is 22.6 Å². The van der Waals surface area contributed by atoms with Crippen LogP contribution in [0.1, 0.15) is 35.6 Å². The number of nitrogens with zero attached hydrogens (tertiary/aromatic N) is 3. The fourth-order valence-corrected chi connectivity index (χ4v) is 6.71. The Morgan fingerprint density at radius 1 is 0.917 bits per heavy atom. The fraction of sp³-hybridized carbons (Fsp3) is 0.278. The maximum atomic E-state index is 14.6. The van der Waals surface area contributed by atoms with Gasteiger partial charge in [-0.05, 0) is 61.7 Å². The van der Waals surface area contributed by atoms with E-state index in [9.17, 15) is 28.1 Å². The summed E-state index contributed by atoms with van der Waals surface area (Å²) in [6.45, 7) is 5.10. The summed E-state index contributed by atoms with van der Waals surface area (Å²) >= 11 is 0. The Kier molecular flexibility index (Phi) is 11.9. The molecule has 0 saturated carbocycles. The molecule has 4 aromatic rings. The van der Waals surface area contributed by atoms with Crippen molar-refractivity contribution in [1.82, 2.24) is 10.2 Å². The Morgan fingerprint density at radius 3 is 2.23 bits per heavy atom. The number of benzene rings is 4. The number of amides is 2. The lowest BCUT2D eigenvalue weighted by atomic mass is 10.0. The summed E-state index contributed by atoms with van der Waals surface area (Å²) < 4.78 is 34.8. The van der Waals surface area contributed by atoms with Crippen LogP contribution in [0.15, 0.2) is 102 Å². The van der Waals surface area contributed by atoms with Crippen molar-refractivity contribution in [2.45, 2.75) is 51.1 Å². The highest BCUT2D eigenvalue weighted by Crippen LogP contribution is 2.30. The van der Waals surface area contributed by atoms with E-state index in [-0.39, 0.29) is 40.7 Å². The second kappa shape index (κ2) is 16.1. The lowest BCUT2D eigenvalue weighted by molar-refractivity contribution is -0.385. The standard InChI is InChI=1S/C36H40N4O7S/c1-5-20-37-36(42)34(22-28-11-7-6-8-12-28)38(24-29-13-9-10-26(2)21-29)35(41)25-39(30-15-17-31(47-4)18-16-30)48(45,46)32-19-14-27(3)33(23-32)40(43)44/h6-19,21,23,34H,5,20,22,24-25H2,1-4H3,(H,37,42). The molecule has 0 bridgehead atoms. The molecule has 0 saturated heterocycles. The molecule has 0 spiro atoms. The molecular weight excluding hydrogens is 632 g/mol. The Hall–Kier alpha value is -5.23. The molecule has 0 aliphatic heterocycles. The minimum atomic E-state index is -4.53. The molecule has 1 atom stereocenters. The predicted molar refractivity (Wildman–Crippen MR) is 184 cm³/mol. The van der Waals surface area contributed by atoms with Crippen LogP contribution >= 0.6 is 0 Å². The smallest absolute Gasteiger partial charge is 0.273 e. The molecule has 0 aliphatic carbocycles. The number of sulfonamides is 1. The third-order valence-electron chi connectivity index (χ3n) is 7.86. The van der Waals surface area contributed by atoms with Crippen molar-refractivity contribution in [2.75, 3.05) is 24.5 Å². The third kappa shape index (κ3) is 8.77. The predicted octanol–water partition coefficient (Wildman–Crippen LogP) is 5.58. The van der Waals surface area contributed by atoms with Crippen molar-refractivity contribution in [3.63, 3.8) is 0 Å². The molecule has 4 aromatic carbocycles. The molecule has 0 aromatic heterocycles. The number of hydrogen-bond donors (Lipinski definition) is 1. The number of aryl methyl sites for hydroxylation is 2. The molecule has 252 valence electrons. The summed E-state index contributed by atoms with van der Waals surface area (Å²) in [5.41, 5.74) is 2.60. The number of hydrogen-bond acceptors (Lipinski definition) is 7. The number of nitro groups is 1. The van der Waals surface area contributed by atoms with Gasteiger partial charge in [-0.3, -0.25) is 24.0 Å². The van der Waals surface area contributed by atoms with Crippen LogP contribution in [0.3, 0.4) is 0 Å². The van der Waals surface area contributed by atoms with Gasteiger partial charge in [-0.25, -0.2) is 8.42 Å². The molecule has 12 heteroatoms. The molecular formula is C36H40N4O7S. The van der Waals surface area contributed by atoms with Crippen LogP contribution in [0, 0.1) is 24.0 Å². The largest absolute Gasteiger partial charge is 0.497 e. The average Bonchev–Trinajstić information content (AvgIpc) is 3.08. The second-order valence-corrected chi connectivity index (χ2v) is 13.3. The van der Waals surface area contributed by atoms with Gasteiger partial charge >= 0.3 is 0 Å². The first-order valence-corrected chi connectivity index (χ1v) is 17.0. The Labute approximate surface area is 281 Å². The van der Waals surface area contributed by atoms with Crippen LogP contribution in [0.25, 0.3) is 0 Å². The highest BCUT2D eigenvalue weighted by Gasteiger charge is 2.35. The SMILES string of the molecule is CCCNC(=O)C(Cc1ccccc1)N(Cc1cccc(C)c1)C(=O)CN(c1ccc(OC)cc1)S(=O)(=O)c1ccc(C)c([N+](=O)[O-])c1. The number of methoxy groups -OCH3 is 1. The number of carbonyl (C=O) groups is 2. The quantitative estimate of drug-likeness (QED) is 0.128. The number of anilines is 1. The van der Waals surface area contributed by atoms with Crippen LogP contribution in [0.4, 0.5) is 11.4 Å². The summed E-state index contributed by atoms with van der Waals surface area (Å²) in [5, 5.41) is 14.6. The van der Waals surface area contributed by atoms with Crippen LogP contribution in [0.2, 0.25) is 0 Å². The molecule has 1 N–H and O–H groups in total. The lowest BCUT2D eigenvalue weighted by Crippen LogP contribution is -2.53. The highest BCUT2D eigenvalue weighted by atomic mass is 32.2. The monoisotopic (exact) mass is 672 g/mol. The van der Waals surface area contributed by atoms with Gasteiger partial charge in [0.15, 0.2) is 0 Å². The van der Waals surface area contributed by atoms with Crippen LogP contribution in [-0.4, -0.2) is 56.3 Å². The van der Waals surface area contributed by atoms with Gasteiger partial charge in [0.25, 0.3) is 15.7 Å². The summed E-state index contributed by atoms with van der Waals surface area (Å²) in [7, 11) is -3.06. The van der Waals surface area contributed by atoms with Crippen molar-refractivity contribution >= 4 is 33.2 Å². The summed E-state index contributed by atoms with van der Waals surface area (Å²) in [4.78, 5) is 40.5. The summed E-state index contributed by atoms with van der Waals surface area (Å²) in [6, 6.07) is 25.6. The zero-order valence-electron chi connectivity index (χ0n) is 27.5. The number of nitrogens with one attached hydrogen (secondary N) is 1. The van der Waals surface area contributed by atoms with Gasteiger partial charge in [-0.2, -0.15) is 0 Å². The van der Waals surface area contributed by atoms with Crippen LogP contribution in [0.5, 0.6) is 5.75 Å². The normalized spacial score (nSPS) is 11.8. The summed E-state index contributed by atoms with van der Waals surface area (Å²) in [5.74, 6) is -0.537. The topological polar surface area (TPSA) is 139 Å². The van der Waals surface area contributed by atoms with Gasteiger partial charge in [0.2, 0.25) is 11.8 Å². The van der Waals surface area contributed by atoms with Crippen LogP contribution in [-0.2, 0) is 32.6 Å². The first-order valence-electron chi connectivity index (χ1n) is 15.5. The Morgan fingerprint density at radius 2 is 1.60 bits per heavy atom. The molecule has 48 heavy (non-hydrogen) atoms. The molecule has 2 amide bonds. The Bertz CT molecular complexity index is 1850. The summed E-state index contributed by atoms with van der Waals surface area (Å²) in [6.07, 6.45) is 0.870. The average molecular weight is 673 g/mol. The van der Waals surface area contributed by atoms with E-state index in [1.54, 1.807) is 12.1 Å². The second-order valence-electron chi connectivity index (χ2n) is 11.4. The molecule has 0 heterocycles. The minimum absolute atomic E-state index is 0.0318. The molecule has 0 fully saturated rings. The van der Waals surface area contributed by atoms with E-state index >= 15 is 0 Å². The van der Waals surface area contributed by atoms with Gasteiger partial charge in [0, 0.05) is 31.1 Å². The fourth-order valence-electron chi connectivity index (χ4n) is 5.28. The maximum Gasteiger partial charge on any atom is 0.273 e. The van der Waals surface area contributed by atoms with Crippen LogP contribution < -0.4 is 14.4 Å². The van der Waals surface area contributed by atoms with Crippen molar-refractivity contribution in [3.8, 4) is 5.75 Å². The third-order valence-corrected chi connectivity index (χ3v) is 9.63. The van der Waals surface area contributed by atoms with E-state index in [0.717, 1.165) is 27.1 Å². The number of carbonyl (C=O) groups excluding carboxylic acids is 2. The maximum absolute atomic E-state index is 14.6. The van der Waals surface area contributed by atoms with Gasteiger partial charge in [-0.15, -0.1) is 0 Å². The van der Waals surface area contributed by atoms with E-state index in [4.69, 9.17) is 4.74 Å². The van der Waals surface area contributed by atoms with Crippen molar-refractivity contribution in [3.05, 3.63) is 129 Å². The first-order chi connectivity index (χ1) is 22.9. The number of nitro benzene ring substituents is 1. The van der Waals surface area contributed by atoms with Gasteiger partial charge < -0.3 is 15.0 Å². The van der Waals surface area contributed by atoms with Gasteiger partial charge in [0.1, 0.15) is 18.3 Å². The highest BCUT2D eigenvalue weighted by molar-refractivity contribution is 7.92. The van der Waals surface area contributed by atoms with Crippen molar-refractivity contribution < 1.29 is 27.7 Å². The van der Waals surface area contributed by atoms with E-state index in [0.29, 0.717) is 18.7 Å². The molecule has 1 unspecified atom stereocenters. The van der Waals surface area contributed by atoms with E-state index in [2.05, 4.69) is 5.32 Å².